The Morgan fingerprint density at radius 1 is 1.00 bits per heavy atom. The van der Waals surface area contributed by atoms with Crippen LogP contribution in [0.5, 0.6) is 5.75 Å². The maximum absolute atomic E-state index is 12.4. The summed E-state index contributed by atoms with van der Waals surface area (Å²) in [6.45, 7) is 4.09. The van der Waals surface area contributed by atoms with E-state index in [-0.39, 0.29) is 24.9 Å². The minimum Gasteiger partial charge on any atom is -0.465 e. The summed E-state index contributed by atoms with van der Waals surface area (Å²) in [5.41, 5.74) is 4.10. The fraction of sp³-hybridized carbons (Fsp3) is 0.192. The van der Waals surface area contributed by atoms with Gasteiger partial charge >= 0.3 is 11.9 Å². The Labute approximate surface area is 192 Å². The number of pyridine rings is 1. The Bertz CT molecular complexity index is 1280. The van der Waals surface area contributed by atoms with Crippen molar-refractivity contribution in [2.45, 2.75) is 20.3 Å². The first-order valence-electron chi connectivity index (χ1n) is 10.8. The van der Waals surface area contributed by atoms with Gasteiger partial charge in [-0.25, -0.2) is 4.98 Å². The summed E-state index contributed by atoms with van der Waals surface area (Å²) in [6.07, 6.45) is 2.09. The normalized spacial score (nSPS) is 10.7. The molecule has 1 N–H and O–H groups in total. The van der Waals surface area contributed by atoms with Crippen LogP contribution in [0.2, 0.25) is 0 Å². The van der Waals surface area contributed by atoms with Crippen LogP contribution in [0.25, 0.3) is 16.9 Å². The lowest BCUT2D eigenvalue weighted by molar-refractivity contribution is -0.141. The van der Waals surface area contributed by atoms with E-state index in [9.17, 15) is 9.59 Å². The molecule has 0 aliphatic carbocycles. The highest BCUT2D eigenvalue weighted by Gasteiger charge is 2.17. The van der Waals surface area contributed by atoms with Crippen molar-refractivity contribution < 1.29 is 19.1 Å². The molecule has 0 radical (unpaired) electrons. The van der Waals surface area contributed by atoms with Crippen molar-refractivity contribution in [3.63, 3.8) is 0 Å². The zero-order valence-corrected chi connectivity index (χ0v) is 18.6. The van der Waals surface area contributed by atoms with Gasteiger partial charge in [0, 0.05) is 11.8 Å². The molecule has 4 rings (SSSR count). The van der Waals surface area contributed by atoms with Crippen LogP contribution >= 0.6 is 0 Å². The maximum Gasteiger partial charge on any atom is 0.325 e. The average molecular weight is 444 g/mol. The van der Waals surface area contributed by atoms with Crippen molar-refractivity contribution >= 4 is 23.4 Å². The van der Waals surface area contributed by atoms with Gasteiger partial charge in [0.2, 0.25) is 0 Å². The van der Waals surface area contributed by atoms with Gasteiger partial charge in [-0.2, -0.15) is 0 Å². The van der Waals surface area contributed by atoms with Crippen molar-refractivity contribution in [2.24, 2.45) is 0 Å². The molecule has 7 nitrogen and oxygen atoms in total. The number of aryl methyl sites for hydroxylation is 1. The van der Waals surface area contributed by atoms with E-state index in [1.165, 1.54) is 0 Å². The lowest BCUT2D eigenvalue weighted by atomic mass is 10.1. The molecule has 4 aromatic rings. The fourth-order valence-electron chi connectivity index (χ4n) is 3.52. The smallest absolute Gasteiger partial charge is 0.325 e. The first-order valence-corrected chi connectivity index (χ1v) is 10.8. The van der Waals surface area contributed by atoms with Crippen LogP contribution in [0.1, 0.15) is 18.1 Å². The van der Waals surface area contributed by atoms with Crippen LogP contribution in [0.3, 0.4) is 0 Å². The van der Waals surface area contributed by atoms with E-state index in [0.717, 1.165) is 22.3 Å². The van der Waals surface area contributed by atoms with Crippen molar-refractivity contribution in [1.29, 1.82) is 0 Å². The van der Waals surface area contributed by atoms with E-state index < -0.39 is 0 Å². The Hall–Kier alpha value is -4.13. The lowest BCUT2D eigenvalue weighted by Gasteiger charge is -2.10. The third-order valence-electron chi connectivity index (χ3n) is 5.02. The third kappa shape index (κ3) is 5.38. The molecule has 0 aliphatic rings. The molecule has 0 spiro atoms. The highest BCUT2D eigenvalue weighted by Crippen LogP contribution is 2.31. The topological polar surface area (TPSA) is 81.9 Å². The maximum atomic E-state index is 12.4. The van der Waals surface area contributed by atoms with E-state index in [1.54, 1.807) is 19.1 Å². The molecule has 2 aromatic heterocycles. The number of carbonyl (C=O) groups excluding carboxylic acids is 2. The predicted octanol–water partition coefficient (Wildman–Crippen LogP) is 4.43. The van der Waals surface area contributed by atoms with Crippen molar-refractivity contribution in [2.75, 3.05) is 18.5 Å². The van der Waals surface area contributed by atoms with Gasteiger partial charge in [-0.05, 0) is 49.2 Å². The Morgan fingerprint density at radius 3 is 2.61 bits per heavy atom. The van der Waals surface area contributed by atoms with Gasteiger partial charge in [-0.3, -0.25) is 14.0 Å². The monoisotopic (exact) mass is 443 g/mol. The van der Waals surface area contributed by atoms with Crippen LogP contribution in [0.15, 0.2) is 72.9 Å². The number of aromatic nitrogens is 2. The largest absolute Gasteiger partial charge is 0.465 e. The van der Waals surface area contributed by atoms with E-state index >= 15 is 0 Å². The molecule has 0 aliphatic heterocycles. The van der Waals surface area contributed by atoms with E-state index in [4.69, 9.17) is 14.5 Å². The standard InChI is InChI=1S/C26H25N3O4/c1-3-32-24(31)17-27-26-25(28-22-14-18(2)12-13-29(22)26)20-10-7-11-21(16-20)33-23(30)15-19-8-5-4-6-9-19/h4-14,16,27H,3,15,17H2,1-2H3. The number of rotatable bonds is 8. The number of anilines is 1. The molecule has 0 saturated heterocycles. The Morgan fingerprint density at radius 2 is 1.82 bits per heavy atom. The SMILES string of the molecule is CCOC(=O)CNc1c(-c2cccc(OC(=O)Cc3ccccc3)c2)nc2cc(C)ccn12. The first kappa shape index (κ1) is 22.1. The van der Waals surface area contributed by atoms with Crippen LogP contribution in [-0.2, 0) is 20.7 Å². The third-order valence-corrected chi connectivity index (χ3v) is 5.02. The second kappa shape index (κ2) is 9.99. The van der Waals surface area contributed by atoms with Gasteiger partial charge < -0.3 is 14.8 Å². The lowest BCUT2D eigenvalue weighted by Crippen LogP contribution is -2.17. The van der Waals surface area contributed by atoms with Gasteiger partial charge in [-0.1, -0.05) is 42.5 Å². The minimum atomic E-state index is -0.353. The summed E-state index contributed by atoms with van der Waals surface area (Å²) < 4.78 is 12.5. The zero-order valence-electron chi connectivity index (χ0n) is 18.6. The van der Waals surface area contributed by atoms with Gasteiger partial charge in [-0.15, -0.1) is 0 Å². The number of imidazole rings is 1. The summed E-state index contributed by atoms with van der Waals surface area (Å²) in [5, 5.41) is 3.15. The summed E-state index contributed by atoms with van der Waals surface area (Å²) in [7, 11) is 0. The number of nitrogens with one attached hydrogen (secondary N) is 1. The van der Waals surface area contributed by atoms with E-state index in [2.05, 4.69) is 5.32 Å². The number of esters is 2. The summed E-state index contributed by atoms with van der Waals surface area (Å²) in [4.78, 5) is 29.1. The molecule has 0 saturated carbocycles. The molecule has 0 atom stereocenters. The Kier molecular flexibility index (Phi) is 6.69. The molecule has 2 heterocycles. The zero-order chi connectivity index (χ0) is 23.2. The molecule has 7 heteroatoms. The molecule has 0 fully saturated rings. The van der Waals surface area contributed by atoms with E-state index in [0.29, 0.717) is 23.9 Å². The molecule has 168 valence electrons. The summed E-state index contributed by atoms with van der Waals surface area (Å²) in [6, 6.07) is 20.6. The van der Waals surface area contributed by atoms with Gasteiger partial charge in [0.15, 0.2) is 0 Å². The fourth-order valence-corrected chi connectivity index (χ4v) is 3.52. The van der Waals surface area contributed by atoms with Crippen molar-refractivity contribution in [3.05, 3.63) is 84.1 Å². The number of ether oxygens (including phenoxy) is 2. The summed E-state index contributed by atoms with van der Waals surface area (Å²) >= 11 is 0. The second-order valence-electron chi connectivity index (χ2n) is 7.56. The van der Waals surface area contributed by atoms with Crippen LogP contribution in [0, 0.1) is 6.92 Å². The molecule has 0 bridgehead atoms. The number of benzene rings is 2. The van der Waals surface area contributed by atoms with Crippen LogP contribution < -0.4 is 10.1 Å². The molecular weight excluding hydrogens is 418 g/mol. The predicted molar refractivity (Wildman–Crippen MR) is 126 cm³/mol. The van der Waals surface area contributed by atoms with Crippen molar-refractivity contribution in [1.82, 2.24) is 9.38 Å². The second-order valence-corrected chi connectivity index (χ2v) is 7.56. The van der Waals surface area contributed by atoms with Gasteiger partial charge in [0.25, 0.3) is 0 Å². The first-order chi connectivity index (χ1) is 16.0. The molecular formula is C26H25N3O4. The molecule has 0 amide bonds. The van der Waals surface area contributed by atoms with Crippen LogP contribution in [-0.4, -0.2) is 34.5 Å². The van der Waals surface area contributed by atoms with Gasteiger partial charge in [0.05, 0.1) is 13.0 Å². The van der Waals surface area contributed by atoms with Crippen molar-refractivity contribution in [3.8, 4) is 17.0 Å². The quantitative estimate of drug-likeness (QED) is 0.320. The average Bonchev–Trinajstić information content (AvgIpc) is 3.16. The Balaban J connectivity index is 1.62. The summed E-state index contributed by atoms with van der Waals surface area (Å²) in [5.74, 6) is 0.391. The highest BCUT2D eigenvalue weighted by atomic mass is 16.5. The van der Waals surface area contributed by atoms with E-state index in [1.807, 2.05) is 72.1 Å². The molecule has 0 unspecified atom stereocenters. The number of carbonyl (C=O) groups is 2. The molecule has 2 aromatic carbocycles. The minimum absolute atomic E-state index is 0.00820. The number of hydrogen-bond donors (Lipinski definition) is 1. The number of hydrogen-bond acceptors (Lipinski definition) is 6. The number of nitrogens with zero attached hydrogens (tertiary/aromatic N) is 2. The van der Waals surface area contributed by atoms with Gasteiger partial charge in [0.1, 0.15) is 29.5 Å². The van der Waals surface area contributed by atoms with Crippen LogP contribution in [0.4, 0.5) is 5.82 Å². The number of fused-ring (bicyclic) bond motifs is 1. The highest BCUT2D eigenvalue weighted by molar-refractivity contribution is 5.82. The molecule has 33 heavy (non-hydrogen) atoms.